The highest BCUT2D eigenvalue weighted by Crippen LogP contribution is 2.08. The van der Waals surface area contributed by atoms with E-state index in [1.807, 2.05) is 37.3 Å². The number of hydrogen-bond acceptors (Lipinski definition) is 3. The molecule has 0 aliphatic rings. The standard InChI is InChI=1S/C17H15N3O2/c1-12-3-2-4-14(9-12)11-19-16(21)17(22)20-15-7-5-13(10-18)6-8-15/h2-9H,11H2,1H3,(H,19,21)(H,20,22). The van der Waals surface area contributed by atoms with Gasteiger partial charge in [0, 0.05) is 12.2 Å². The summed E-state index contributed by atoms with van der Waals surface area (Å²) in [5, 5.41) is 13.7. The Hall–Kier alpha value is -3.13. The zero-order valence-electron chi connectivity index (χ0n) is 12.1. The van der Waals surface area contributed by atoms with E-state index in [1.54, 1.807) is 24.3 Å². The molecule has 2 rings (SSSR count). The smallest absolute Gasteiger partial charge is 0.313 e. The quantitative estimate of drug-likeness (QED) is 0.850. The summed E-state index contributed by atoms with van der Waals surface area (Å²) < 4.78 is 0. The minimum atomic E-state index is -0.739. The molecule has 0 aromatic heterocycles. The van der Waals surface area contributed by atoms with Crippen LogP contribution in [0.2, 0.25) is 0 Å². The second kappa shape index (κ2) is 7.04. The molecule has 2 amide bonds. The maximum Gasteiger partial charge on any atom is 0.313 e. The summed E-state index contributed by atoms with van der Waals surface area (Å²) in [4.78, 5) is 23.5. The zero-order chi connectivity index (χ0) is 15.9. The normalized spacial score (nSPS) is 9.64. The number of amides is 2. The first-order chi connectivity index (χ1) is 10.6. The fourth-order valence-corrected chi connectivity index (χ4v) is 1.90. The summed E-state index contributed by atoms with van der Waals surface area (Å²) in [7, 11) is 0. The van der Waals surface area contributed by atoms with E-state index in [0.717, 1.165) is 11.1 Å². The molecule has 0 saturated carbocycles. The van der Waals surface area contributed by atoms with E-state index in [2.05, 4.69) is 10.6 Å². The van der Waals surface area contributed by atoms with Crippen molar-refractivity contribution in [1.29, 1.82) is 5.26 Å². The lowest BCUT2D eigenvalue weighted by Crippen LogP contribution is -2.34. The molecule has 0 aliphatic carbocycles. The van der Waals surface area contributed by atoms with Gasteiger partial charge >= 0.3 is 11.8 Å². The lowest BCUT2D eigenvalue weighted by atomic mass is 10.1. The third-order valence-corrected chi connectivity index (χ3v) is 3.01. The molecule has 2 aromatic rings. The number of anilines is 1. The number of benzene rings is 2. The minimum Gasteiger partial charge on any atom is -0.344 e. The number of nitriles is 1. The lowest BCUT2D eigenvalue weighted by Gasteiger charge is -2.07. The fraction of sp³-hybridized carbons (Fsp3) is 0.118. The van der Waals surface area contributed by atoms with E-state index >= 15 is 0 Å². The van der Waals surface area contributed by atoms with E-state index in [0.29, 0.717) is 17.8 Å². The molecule has 0 atom stereocenters. The Kier molecular flexibility index (Phi) is 4.89. The molecule has 0 bridgehead atoms. The van der Waals surface area contributed by atoms with Crippen molar-refractivity contribution in [3.8, 4) is 6.07 Å². The second-order valence-electron chi connectivity index (χ2n) is 4.82. The van der Waals surface area contributed by atoms with Crippen molar-refractivity contribution in [2.45, 2.75) is 13.5 Å². The van der Waals surface area contributed by atoms with Crippen LogP contribution in [0.15, 0.2) is 48.5 Å². The summed E-state index contributed by atoms with van der Waals surface area (Å²) in [5.74, 6) is -1.44. The predicted molar refractivity (Wildman–Crippen MR) is 82.8 cm³/mol. The molecule has 2 N–H and O–H groups in total. The maximum atomic E-state index is 11.8. The van der Waals surface area contributed by atoms with Crippen LogP contribution in [-0.2, 0) is 16.1 Å². The van der Waals surface area contributed by atoms with E-state index in [4.69, 9.17) is 5.26 Å². The van der Waals surface area contributed by atoms with Gasteiger partial charge in [0.25, 0.3) is 0 Å². The molecule has 0 saturated heterocycles. The molecule has 0 fully saturated rings. The molecule has 0 radical (unpaired) electrons. The van der Waals surface area contributed by atoms with Crippen LogP contribution in [0.1, 0.15) is 16.7 Å². The van der Waals surface area contributed by atoms with Gasteiger partial charge in [0.2, 0.25) is 0 Å². The molecule has 0 unspecified atom stereocenters. The molecule has 0 spiro atoms. The Morgan fingerprint density at radius 3 is 2.45 bits per heavy atom. The van der Waals surface area contributed by atoms with Crippen molar-refractivity contribution in [1.82, 2.24) is 5.32 Å². The molecular formula is C17H15N3O2. The summed E-state index contributed by atoms with van der Waals surface area (Å²) in [6.07, 6.45) is 0. The van der Waals surface area contributed by atoms with Crippen molar-refractivity contribution in [3.63, 3.8) is 0 Å². The van der Waals surface area contributed by atoms with Crippen molar-refractivity contribution in [2.24, 2.45) is 0 Å². The number of carbonyl (C=O) groups is 2. The number of aryl methyl sites for hydroxylation is 1. The average Bonchev–Trinajstić information content (AvgIpc) is 2.53. The first-order valence-corrected chi connectivity index (χ1v) is 6.73. The number of hydrogen-bond donors (Lipinski definition) is 2. The van der Waals surface area contributed by atoms with Gasteiger partial charge in [-0.25, -0.2) is 0 Å². The molecule has 0 heterocycles. The van der Waals surface area contributed by atoms with Crippen LogP contribution in [0.25, 0.3) is 0 Å². The van der Waals surface area contributed by atoms with Crippen LogP contribution >= 0.6 is 0 Å². The highest BCUT2D eigenvalue weighted by Gasteiger charge is 2.13. The lowest BCUT2D eigenvalue weighted by molar-refractivity contribution is -0.136. The van der Waals surface area contributed by atoms with Crippen LogP contribution in [-0.4, -0.2) is 11.8 Å². The Labute approximate surface area is 128 Å². The second-order valence-corrected chi connectivity index (χ2v) is 4.82. The summed E-state index contributed by atoms with van der Waals surface area (Å²) in [6, 6.07) is 15.9. The summed E-state index contributed by atoms with van der Waals surface area (Å²) in [6.45, 7) is 2.25. The van der Waals surface area contributed by atoms with Crippen molar-refractivity contribution < 1.29 is 9.59 Å². The number of rotatable bonds is 3. The van der Waals surface area contributed by atoms with Crippen molar-refractivity contribution in [3.05, 3.63) is 65.2 Å². The van der Waals surface area contributed by atoms with Gasteiger partial charge in [0.1, 0.15) is 0 Å². The Morgan fingerprint density at radius 1 is 1.09 bits per heavy atom. The Bertz CT molecular complexity index is 730. The number of carbonyl (C=O) groups excluding carboxylic acids is 2. The van der Waals surface area contributed by atoms with Gasteiger partial charge in [-0.3, -0.25) is 9.59 Å². The maximum absolute atomic E-state index is 11.8. The van der Waals surface area contributed by atoms with Crippen molar-refractivity contribution in [2.75, 3.05) is 5.32 Å². The van der Waals surface area contributed by atoms with Crippen LogP contribution in [0.4, 0.5) is 5.69 Å². The average molecular weight is 293 g/mol. The van der Waals surface area contributed by atoms with E-state index in [-0.39, 0.29) is 0 Å². The molecule has 5 heteroatoms. The van der Waals surface area contributed by atoms with Gasteiger partial charge in [-0.15, -0.1) is 0 Å². The molecule has 5 nitrogen and oxygen atoms in total. The van der Waals surface area contributed by atoms with Gasteiger partial charge in [0.15, 0.2) is 0 Å². The third kappa shape index (κ3) is 4.18. The van der Waals surface area contributed by atoms with Gasteiger partial charge in [-0.05, 0) is 36.8 Å². The topological polar surface area (TPSA) is 82.0 Å². The first kappa shape index (κ1) is 15.3. The fourth-order valence-electron chi connectivity index (χ4n) is 1.90. The Balaban J connectivity index is 1.89. The van der Waals surface area contributed by atoms with Gasteiger partial charge in [-0.1, -0.05) is 29.8 Å². The summed E-state index contributed by atoms with van der Waals surface area (Å²) >= 11 is 0. The minimum absolute atomic E-state index is 0.293. The molecular weight excluding hydrogens is 278 g/mol. The third-order valence-electron chi connectivity index (χ3n) is 3.01. The van der Waals surface area contributed by atoms with Gasteiger partial charge in [0.05, 0.1) is 11.6 Å². The molecule has 0 aliphatic heterocycles. The van der Waals surface area contributed by atoms with Gasteiger partial charge < -0.3 is 10.6 Å². The monoisotopic (exact) mass is 293 g/mol. The van der Waals surface area contributed by atoms with Crippen molar-refractivity contribution >= 4 is 17.5 Å². The molecule has 2 aromatic carbocycles. The highest BCUT2D eigenvalue weighted by atomic mass is 16.2. The Morgan fingerprint density at radius 2 is 1.82 bits per heavy atom. The van der Waals surface area contributed by atoms with E-state index in [1.165, 1.54) is 0 Å². The summed E-state index contributed by atoms with van der Waals surface area (Å²) in [5.41, 5.74) is 2.98. The number of nitrogens with zero attached hydrogens (tertiary/aromatic N) is 1. The number of nitrogens with one attached hydrogen (secondary N) is 2. The molecule has 110 valence electrons. The van der Waals surface area contributed by atoms with Gasteiger partial charge in [-0.2, -0.15) is 5.26 Å². The first-order valence-electron chi connectivity index (χ1n) is 6.73. The molecule has 22 heavy (non-hydrogen) atoms. The van der Waals surface area contributed by atoms with Crippen LogP contribution in [0.3, 0.4) is 0 Å². The van der Waals surface area contributed by atoms with Crippen LogP contribution in [0.5, 0.6) is 0 Å². The van der Waals surface area contributed by atoms with E-state index in [9.17, 15) is 9.59 Å². The largest absolute Gasteiger partial charge is 0.344 e. The highest BCUT2D eigenvalue weighted by molar-refractivity contribution is 6.39. The van der Waals surface area contributed by atoms with Crippen LogP contribution < -0.4 is 10.6 Å². The van der Waals surface area contributed by atoms with Crippen LogP contribution in [0, 0.1) is 18.3 Å². The van der Waals surface area contributed by atoms with E-state index < -0.39 is 11.8 Å². The predicted octanol–water partition coefficient (Wildman–Crippen LogP) is 2.12. The SMILES string of the molecule is Cc1cccc(CNC(=O)C(=O)Nc2ccc(C#N)cc2)c1. The zero-order valence-corrected chi connectivity index (χ0v) is 12.1.